The Balaban J connectivity index is 1.57. The summed E-state index contributed by atoms with van der Waals surface area (Å²) in [5.74, 6) is 0. The lowest BCUT2D eigenvalue weighted by Gasteiger charge is -2.33. The van der Waals surface area contributed by atoms with Gasteiger partial charge in [0.2, 0.25) is 0 Å². The number of aromatic nitrogens is 2. The third kappa shape index (κ3) is 2.76. The van der Waals surface area contributed by atoms with Crippen molar-refractivity contribution < 1.29 is 13.9 Å². The second-order valence-corrected chi connectivity index (χ2v) is 10.6. The van der Waals surface area contributed by atoms with Gasteiger partial charge in [0, 0.05) is 18.9 Å². The predicted molar refractivity (Wildman–Crippen MR) is 131 cm³/mol. The molecule has 0 fully saturated rings. The quantitative estimate of drug-likeness (QED) is 0.367. The lowest BCUT2D eigenvalue weighted by Crippen LogP contribution is -2.41. The normalized spacial score (nSPS) is 23.6. The average molecular weight is 458 g/mol. The largest absolute Gasteiger partial charge is 0.374 e. The summed E-state index contributed by atoms with van der Waals surface area (Å²) in [6.07, 6.45) is 12.5. The fourth-order valence-electron chi connectivity index (χ4n) is 4.97. The number of hydrogen-bond acceptors (Lipinski definition) is 2. The lowest BCUT2D eigenvalue weighted by molar-refractivity contribution is -0.0962. The topological polar surface area (TPSA) is 38.1 Å². The molecule has 4 aromatic rings. The van der Waals surface area contributed by atoms with Gasteiger partial charge in [-0.15, -0.1) is 0 Å². The molecular formula is C27H21F2N2OP. The van der Waals surface area contributed by atoms with Crippen molar-refractivity contribution >= 4 is 40.6 Å². The Bertz CT molecular complexity index is 1520. The van der Waals surface area contributed by atoms with Crippen LogP contribution in [0.5, 0.6) is 0 Å². The highest BCUT2D eigenvalue weighted by molar-refractivity contribution is 7.66. The number of rotatable bonds is 2. The van der Waals surface area contributed by atoms with E-state index in [-0.39, 0.29) is 5.56 Å². The summed E-state index contributed by atoms with van der Waals surface area (Å²) in [6, 6.07) is 16.1. The first kappa shape index (κ1) is 20.5. The van der Waals surface area contributed by atoms with Crippen molar-refractivity contribution in [2.75, 3.05) is 6.66 Å². The van der Waals surface area contributed by atoms with Crippen LogP contribution in [0.2, 0.25) is 0 Å². The van der Waals surface area contributed by atoms with Gasteiger partial charge < -0.3 is 5.11 Å². The van der Waals surface area contributed by atoms with Crippen LogP contribution in [0.25, 0.3) is 27.4 Å². The van der Waals surface area contributed by atoms with Crippen LogP contribution in [0.4, 0.5) is 8.78 Å². The summed E-state index contributed by atoms with van der Waals surface area (Å²) in [5.41, 5.74) is -3.48. The number of benzene rings is 3. The van der Waals surface area contributed by atoms with Gasteiger partial charge in [-0.1, -0.05) is 66.8 Å². The molecule has 0 amide bonds. The van der Waals surface area contributed by atoms with Gasteiger partial charge in [-0.2, -0.15) is 13.9 Å². The molecule has 0 saturated carbocycles. The summed E-state index contributed by atoms with van der Waals surface area (Å²) in [4.78, 5) is 0. The van der Waals surface area contributed by atoms with Crippen LogP contribution in [-0.4, -0.2) is 27.2 Å². The molecule has 33 heavy (non-hydrogen) atoms. The van der Waals surface area contributed by atoms with Gasteiger partial charge in [-0.25, -0.2) is 4.68 Å². The first-order valence-corrected chi connectivity index (χ1v) is 12.6. The van der Waals surface area contributed by atoms with Gasteiger partial charge in [0.1, 0.15) is 0 Å². The van der Waals surface area contributed by atoms with Gasteiger partial charge in [0.25, 0.3) is 0 Å². The van der Waals surface area contributed by atoms with Crippen molar-refractivity contribution in [3.05, 3.63) is 102 Å². The number of aliphatic hydroxyl groups is 1. The molecule has 6 rings (SSSR count). The second-order valence-electron chi connectivity index (χ2n) is 8.47. The zero-order valence-corrected chi connectivity index (χ0v) is 18.8. The molecule has 2 heterocycles. The maximum absolute atomic E-state index is 15.9. The molecule has 1 aliphatic carbocycles. The molecule has 2 atom stereocenters. The number of allylic oxidation sites excluding steroid dienone is 6. The Morgan fingerprint density at radius 2 is 1.88 bits per heavy atom. The summed E-state index contributed by atoms with van der Waals surface area (Å²) in [7, 11) is -1.89. The molecule has 164 valence electrons. The number of hydrogen-bond donors (Lipinski definition) is 1. The van der Waals surface area contributed by atoms with Gasteiger partial charge in [0.05, 0.1) is 17.4 Å². The van der Waals surface area contributed by atoms with E-state index in [1.54, 1.807) is 41.8 Å². The third-order valence-corrected chi connectivity index (χ3v) is 8.96. The first-order chi connectivity index (χ1) is 15.9. The Kier molecular flexibility index (Phi) is 4.45. The van der Waals surface area contributed by atoms with Gasteiger partial charge >= 0.3 is 5.66 Å². The standard InChI is InChI=1S/C27H21F2N2OP/c1-33-24-15-12-18-8-6-7-11-22(18)25(24)26(32,27(33,28)29)20-13-14-23-19(16-20)17-30-31(23)21-9-4-2-3-5-10-21/h2-4,6-17,32H,5H2,1H3. The van der Waals surface area contributed by atoms with E-state index in [0.717, 1.165) is 23.0 Å². The molecule has 0 radical (unpaired) electrons. The molecule has 3 nitrogen and oxygen atoms in total. The monoisotopic (exact) mass is 458 g/mol. The minimum atomic E-state index is -3.31. The zero-order chi connectivity index (χ0) is 22.8. The van der Waals surface area contributed by atoms with Gasteiger partial charge in [-0.05, 0) is 52.9 Å². The number of fused-ring (bicyclic) bond motifs is 4. The Morgan fingerprint density at radius 1 is 1.03 bits per heavy atom. The van der Waals surface area contributed by atoms with E-state index >= 15 is 8.78 Å². The number of alkyl halides is 2. The molecule has 0 bridgehead atoms. The molecule has 1 N–H and O–H groups in total. The van der Waals surface area contributed by atoms with Crippen molar-refractivity contribution in [1.29, 1.82) is 0 Å². The van der Waals surface area contributed by atoms with Crippen molar-refractivity contribution in [3.63, 3.8) is 0 Å². The van der Waals surface area contributed by atoms with E-state index in [4.69, 9.17) is 0 Å². The Labute approximate surface area is 191 Å². The molecular weight excluding hydrogens is 437 g/mol. The molecule has 3 aromatic carbocycles. The van der Waals surface area contributed by atoms with Gasteiger partial charge in [0.15, 0.2) is 5.60 Å². The van der Waals surface area contributed by atoms with Crippen LogP contribution in [0, 0.1) is 0 Å². The van der Waals surface area contributed by atoms with Crippen molar-refractivity contribution in [3.8, 4) is 0 Å². The highest BCUT2D eigenvalue weighted by atomic mass is 31.1. The summed E-state index contributed by atoms with van der Waals surface area (Å²) in [6.45, 7) is 1.55. The predicted octanol–water partition coefficient (Wildman–Crippen LogP) is 6.13. The SMILES string of the molecule is CP1c2ccc3ccccc3c2C(O)(c2ccc3c(cnn3C3=CCC=CC=C3)c2)C1(F)F. The first-order valence-electron chi connectivity index (χ1n) is 10.8. The zero-order valence-electron chi connectivity index (χ0n) is 17.9. The van der Waals surface area contributed by atoms with Crippen LogP contribution in [-0.2, 0) is 5.60 Å². The van der Waals surface area contributed by atoms with E-state index in [0.29, 0.717) is 21.6 Å². The van der Waals surface area contributed by atoms with Crippen LogP contribution in [0.15, 0.2) is 91.2 Å². The minimum absolute atomic E-state index is 0.191. The average Bonchev–Trinajstić information content (AvgIpc) is 3.15. The molecule has 0 saturated heterocycles. The highest BCUT2D eigenvalue weighted by Gasteiger charge is 2.65. The highest BCUT2D eigenvalue weighted by Crippen LogP contribution is 2.66. The van der Waals surface area contributed by atoms with Crippen LogP contribution in [0.3, 0.4) is 0 Å². The van der Waals surface area contributed by atoms with E-state index in [9.17, 15) is 5.11 Å². The van der Waals surface area contributed by atoms with Crippen molar-refractivity contribution in [1.82, 2.24) is 9.78 Å². The Hall–Kier alpha value is -3.14. The fourth-order valence-corrected chi connectivity index (χ4v) is 6.92. The van der Waals surface area contributed by atoms with E-state index in [1.165, 1.54) is 0 Å². The van der Waals surface area contributed by atoms with E-state index in [1.807, 2.05) is 48.6 Å². The second kappa shape index (κ2) is 7.18. The third-order valence-electron chi connectivity index (χ3n) is 6.69. The number of halogens is 2. The van der Waals surface area contributed by atoms with Gasteiger partial charge in [-0.3, -0.25) is 0 Å². The van der Waals surface area contributed by atoms with Crippen molar-refractivity contribution in [2.24, 2.45) is 0 Å². The molecule has 6 heteroatoms. The maximum atomic E-state index is 15.9. The molecule has 2 aliphatic rings. The van der Waals surface area contributed by atoms with Crippen molar-refractivity contribution in [2.45, 2.75) is 17.7 Å². The molecule has 1 aromatic heterocycles. The molecule has 2 unspecified atom stereocenters. The minimum Gasteiger partial charge on any atom is -0.374 e. The van der Waals surface area contributed by atoms with Crippen LogP contribution < -0.4 is 5.30 Å². The van der Waals surface area contributed by atoms with Crippen LogP contribution in [0.1, 0.15) is 17.5 Å². The summed E-state index contributed by atoms with van der Waals surface area (Å²) >= 11 is 0. The van der Waals surface area contributed by atoms with E-state index < -0.39 is 19.2 Å². The lowest BCUT2D eigenvalue weighted by atomic mass is 9.83. The van der Waals surface area contributed by atoms with E-state index in [2.05, 4.69) is 17.3 Å². The smallest absolute Gasteiger partial charge is 0.304 e. The molecule has 0 spiro atoms. The van der Waals surface area contributed by atoms with Crippen LogP contribution >= 0.6 is 7.92 Å². The molecule has 1 aliphatic heterocycles. The number of nitrogens with zero attached hydrogens (tertiary/aromatic N) is 2. The fraction of sp³-hybridized carbons (Fsp3) is 0.148. The summed E-state index contributed by atoms with van der Waals surface area (Å²) in [5, 5.41) is 19.1. The Morgan fingerprint density at radius 3 is 2.76 bits per heavy atom. The summed E-state index contributed by atoms with van der Waals surface area (Å²) < 4.78 is 33.5. The maximum Gasteiger partial charge on any atom is 0.304 e.